The molecule has 3 heterocycles. The highest BCUT2D eigenvalue weighted by atomic mass is 19.1. The Hall–Kier alpha value is -3.04. The molecule has 10 heteroatoms. The molecule has 0 spiro atoms. The second-order valence-electron chi connectivity index (χ2n) is 7.26. The molecule has 0 bridgehead atoms. The van der Waals surface area contributed by atoms with Crippen LogP contribution in [0.2, 0.25) is 0 Å². The third-order valence-corrected chi connectivity index (χ3v) is 4.67. The van der Waals surface area contributed by atoms with Crippen molar-refractivity contribution in [1.82, 2.24) is 20.6 Å². The van der Waals surface area contributed by atoms with Gasteiger partial charge in [-0.1, -0.05) is 13.8 Å². The Morgan fingerprint density at radius 2 is 2.18 bits per heavy atom. The maximum atomic E-state index is 14.3. The topological polar surface area (TPSA) is 102 Å². The number of rotatable bonds is 7. The molecule has 2 aromatic rings. The van der Waals surface area contributed by atoms with Crippen LogP contribution in [0.1, 0.15) is 32.0 Å². The molecule has 2 atom stereocenters. The molecule has 1 aliphatic rings. The summed E-state index contributed by atoms with van der Waals surface area (Å²) in [7, 11) is 0. The van der Waals surface area contributed by atoms with Crippen molar-refractivity contribution >= 4 is 23.2 Å². The fourth-order valence-electron chi connectivity index (χ4n) is 2.91. The molecule has 0 amide bonds. The van der Waals surface area contributed by atoms with Gasteiger partial charge in [-0.2, -0.15) is 0 Å². The van der Waals surface area contributed by atoms with E-state index in [9.17, 15) is 18.0 Å². The number of carboxylic acids is 1. The molecular weight excluding hydrogens is 375 g/mol. The number of pyridine rings is 1. The van der Waals surface area contributed by atoms with E-state index in [1.165, 1.54) is 6.07 Å². The van der Waals surface area contributed by atoms with Gasteiger partial charge in [0.05, 0.1) is 25.5 Å². The normalized spacial score (nSPS) is 18.2. The molecule has 150 valence electrons. The lowest BCUT2D eigenvalue weighted by molar-refractivity contribution is -0.138. The first-order chi connectivity index (χ1) is 13.2. The summed E-state index contributed by atoms with van der Waals surface area (Å²) < 4.78 is 41.3. The van der Waals surface area contributed by atoms with Crippen LogP contribution in [0.3, 0.4) is 0 Å². The van der Waals surface area contributed by atoms with Crippen LogP contribution in [0.15, 0.2) is 35.1 Å². The molecule has 7 nitrogen and oxygen atoms in total. The van der Waals surface area contributed by atoms with Gasteiger partial charge in [-0.05, 0) is 6.07 Å². The molecule has 1 aliphatic heterocycles. The molecule has 0 saturated heterocycles. The lowest BCUT2D eigenvalue weighted by Crippen LogP contribution is -2.48. The molecule has 0 radical (unpaired) electrons. The van der Waals surface area contributed by atoms with E-state index in [-0.39, 0.29) is 5.82 Å². The average molecular weight is 395 g/mol. The van der Waals surface area contributed by atoms with E-state index in [4.69, 9.17) is 5.11 Å². The van der Waals surface area contributed by atoms with Gasteiger partial charge in [0.25, 0.3) is 0 Å². The summed E-state index contributed by atoms with van der Waals surface area (Å²) >= 11 is 0. The number of aromatic amines is 1. The summed E-state index contributed by atoms with van der Waals surface area (Å²) in [6, 6.07) is 0.407. The van der Waals surface area contributed by atoms with Crippen molar-refractivity contribution in [1.29, 1.82) is 0 Å². The zero-order valence-corrected chi connectivity index (χ0v) is 15.3. The van der Waals surface area contributed by atoms with E-state index >= 15 is 0 Å². The van der Waals surface area contributed by atoms with Gasteiger partial charge in [0.15, 0.2) is 5.83 Å². The highest BCUT2D eigenvalue weighted by molar-refractivity contribution is 5.82. The lowest BCUT2D eigenvalue weighted by Gasteiger charge is -2.34. The van der Waals surface area contributed by atoms with E-state index < -0.39 is 48.3 Å². The number of aliphatic carboxylic acids is 1. The number of H-pyrrole nitrogens is 1. The average Bonchev–Trinajstić information content (AvgIpc) is 3.05. The molecule has 0 aliphatic carbocycles. The number of nitrogens with zero attached hydrogens (tertiary/aromatic N) is 2. The van der Waals surface area contributed by atoms with Gasteiger partial charge < -0.3 is 20.7 Å². The highest BCUT2D eigenvalue weighted by Gasteiger charge is 2.33. The number of hydrogen-bond acceptors (Lipinski definition) is 5. The van der Waals surface area contributed by atoms with E-state index in [1.807, 2.05) is 0 Å². The Balaban J connectivity index is 1.87. The smallest absolute Gasteiger partial charge is 0.305 e. The number of carboxylic acid groups (broad SMARTS) is 1. The molecule has 4 N–H and O–H groups in total. The van der Waals surface area contributed by atoms with Crippen molar-refractivity contribution in [3.63, 3.8) is 0 Å². The first-order valence-corrected chi connectivity index (χ1v) is 8.57. The number of fused-ring (bicyclic) bond motifs is 1. The second-order valence-corrected chi connectivity index (χ2v) is 7.26. The van der Waals surface area contributed by atoms with Gasteiger partial charge >= 0.3 is 5.97 Å². The molecule has 3 rings (SSSR count). The van der Waals surface area contributed by atoms with Crippen LogP contribution >= 0.6 is 0 Å². The minimum Gasteiger partial charge on any atom is -0.481 e. The minimum absolute atomic E-state index is 0.105. The zero-order chi connectivity index (χ0) is 20.5. The first-order valence-electron chi connectivity index (χ1n) is 8.57. The third kappa shape index (κ3) is 3.95. The summed E-state index contributed by atoms with van der Waals surface area (Å²) in [5.41, 5.74) is -0.0736. The van der Waals surface area contributed by atoms with E-state index in [2.05, 4.69) is 25.6 Å². The number of nitrogens with one attached hydrogen (secondary N) is 3. The van der Waals surface area contributed by atoms with E-state index in [1.54, 1.807) is 20.0 Å². The Kier molecular flexibility index (Phi) is 5.30. The Morgan fingerprint density at radius 1 is 1.43 bits per heavy atom. The fourth-order valence-corrected chi connectivity index (χ4v) is 2.91. The van der Waals surface area contributed by atoms with Crippen LogP contribution in [0, 0.1) is 11.2 Å². The quantitative estimate of drug-likeness (QED) is 0.577. The maximum Gasteiger partial charge on any atom is 0.305 e. The van der Waals surface area contributed by atoms with Gasteiger partial charge in [0.2, 0.25) is 0 Å². The molecule has 2 aromatic heterocycles. The summed E-state index contributed by atoms with van der Waals surface area (Å²) in [5.74, 6) is -2.52. The van der Waals surface area contributed by atoms with E-state index in [0.29, 0.717) is 16.6 Å². The molecule has 0 aromatic carbocycles. The second kappa shape index (κ2) is 7.53. The van der Waals surface area contributed by atoms with Gasteiger partial charge in [0, 0.05) is 28.6 Å². The van der Waals surface area contributed by atoms with Crippen molar-refractivity contribution < 1.29 is 23.1 Å². The predicted molar refractivity (Wildman–Crippen MR) is 97.5 cm³/mol. The predicted octanol–water partition coefficient (Wildman–Crippen LogP) is 2.94. The number of halogens is 3. The lowest BCUT2D eigenvalue weighted by atomic mass is 9.84. The van der Waals surface area contributed by atoms with Gasteiger partial charge in [-0.25, -0.2) is 13.8 Å². The van der Waals surface area contributed by atoms with Gasteiger partial charge in [0.1, 0.15) is 23.5 Å². The Bertz CT molecular complexity index is 954. The maximum absolute atomic E-state index is 14.3. The van der Waals surface area contributed by atoms with Crippen molar-refractivity contribution in [2.24, 2.45) is 10.4 Å². The van der Waals surface area contributed by atoms with Crippen LogP contribution in [-0.2, 0) is 4.79 Å². The largest absolute Gasteiger partial charge is 0.481 e. The monoisotopic (exact) mass is 395 g/mol. The number of hydrogen-bond donors (Lipinski definition) is 4. The molecule has 0 fully saturated rings. The molecule has 28 heavy (non-hydrogen) atoms. The zero-order valence-electron chi connectivity index (χ0n) is 15.3. The van der Waals surface area contributed by atoms with Crippen LogP contribution < -0.4 is 10.6 Å². The fraction of sp³-hybridized carbons (Fsp3) is 0.389. The number of alkyl halides is 1. The highest BCUT2D eigenvalue weighted by Crippen LogP contribution is 2.29. The summed E-state index contributed by atoms with van der Waals surface area (Å²) in [6.45, 7) is 2.31. The third-order valence-electron chi connectivity index (χ3n) is 4.67. The van der Waals surface area contributed by atoms with Crippen molar-refractivity contribution in [2.45, 2.75) is 32.5 Å². The van der Waals surface area contributed by atoms with E-state index in [0.717, 1.165) is 12.4 Å². The van der Waals surface area contributed by atoms with Crippen LogP contribution in [0.4, 0.5) is 13.2 Å². The molecule has 2 unspecified atom stereocenters. The van der Waals surface area contributed by atoms with Crippen molar-refractivity contribution in [3.8, 4) is 0 Å². The van der Waals surface area contributed by atoms with Crippen LogP contribution in [0.5, 0.6) is 0 Å². The summed E-state index contributed by atoms with van der Waals surface area (Å²) in [5, 5.41) is 15.2. The van der Waals surface area contributed by atoms with Crippen LogP contribution in [0.25, 0.3) is 11.0 Å². The molecular formula is C18H20F3N5O2. The van der Waals surface area contributed by atoms with Crippen LogP contribution in [-0.4, -0.2) is 40.0 Å². The number of aromatic nitrogens is 2. The molecule has 0 saturated carbocycles. The van der Waals surface area contributed by atoms with Gasteiger partial charge in [-0.3, -0.25) is 14.2 Å². The Morgan fingerprint density at radius 3 is 2.86 bits per heavy atom. The summed E-state index contributed by atoms with van der Waals surface area (Å²) in [4.78, 5) is 22.0. The van der Waals surface area contributed by atoms with Crippen molar-refractivity contribution in [2.75, 3.05) is 6.67 Å². The van der Waals surface area contributed by atoms with Crippen molar-refractivity contribution in [3.05, 3.63) is 41.5 Å². The summed E-state index contributed by atoms with van der Waals surface area (Å²) in [6.07, 6.45) is 2.46. The SMILES string of the molecule is CC(C)(CF)C(CC(=O)O)NC1=C(F)C=NC(c2c[nH]c3ncc(F)cc23)N1. The number of allylic oxidation sites excluding steroid dienone is 1. The van der Waals surface area contributed by atoms with Gasteiger partial charge in [-0.15, -0.1) is 0 Å². The Labute approximate surface area is 158 Å². The standard InChI is InChI=1S/C18H20F3N5O2/c1-18(2,8-19)13(4-14(27)28)25-17-12(21)7-24-16(26-17)11-6-23-15-10(11)3-9(20)5-22-15/h3,5-7,13,16,25-26H,4,8H2,1-2H3,(H,22,23)(H,27,28). The number of aliphatic imine (C=N–C) groups is 1. The minimum atomic E-state index is -1.14. The first kappa shape index (κ1) is 19.7. The number of carbonyl (C=O) groups is 1.